The molecular weight excluding hydrogens is 487 g/mol. The number of aliphatic hydroxyl groups is 1. The molecule has 200 valence electrons. The fourth-order valence-electron chi connectivity index (χ4n) is 5.43. The van der Waals surface area contributed by atoms with Crippen molar-refractivity contribution in [1.82, 2.24) is 5.01 Å². The second-order valence-corrected chi connectivity index (χ2v) is 11.4. The maximum Gasteiger partial charge on any atom is 0.109 e. The number of rotatable bonds is 17. The zero-order chi connectivity index (χ0) is 25.6. The summed E-state index contributed by atoms with van der Waals surface area (Å²) >= 11 is 12.8. The molecule has 3 nitrogen and oxygen atoms in total. The predicted molar refractivity (Wildman–Crippen MR) is 156 cm³/mol. The minimum Gasteiger partial charge on any atom is -0.383 e. The van der Waals surface area contributed by atoms with Crippen LogP contribution < -0.4 is 0 Å². The van der Waals surface area contributed by atoms with Crippen LogP contribution in [-0.4, -0.2) is 34.0 Å². The van der Waals surface area contributed by atoms with Crippen molar-refractivity contribution in [3.63, 3.8) is 0 Å². The molecule has 5 heteroatoms. The molecular formula is C31H46Cl2N2O. The minimum atomic E-state index is -0.916. The second kappa shape index (κ2) is 15.8. The number of halogens is 2. The summed E-state index contributed by atoms with van der Waals surface area (Å²) in [6.07, 6.45) is 28.0. The topological polar surface area (TPSA) is 35.8 Å². The van der Waals surface area contributed by atoms with E-state index in [1.165, 1.54) is 83.5 Å². The van der Waals surface area contributed by atoms with Gasteiger partial charge in [0.2, 0.25) is 0 Å². The van der Waals surface area contributed by atoms with E-state index in [1.807, 2.05) is 36.4 Å². The largest absolute Gasteiger partial charge is 0.383 e. The van der Waals surface area contributed by atoms with E-state index < -0.39 is 5.60 Å². The van der Waals surface area contributed by atoms with Crippen molar-refractivity contribution in [2.75, 3.05) is 6.54 Å². The van der Waals surface area contributed by atoms with E-state index in [-0.39, 0.29) is 6.04 Å². The summed E-state index contributed by atoms with van der Waals surface area (Å²) < 4.78 is 0. The molecule has 0 bridgehead atoms. The quantitative estimate of drug-likeness (QED) is 0.202. The van der Waals surface area contributed by atoms with Crippen LogP contribution in [0.1, 0.15) is 115 Å². The molecule has 1 heterocycles. The van der Waals surface area contributed by atoms with E-state index in [0.29, 0.717) is 22.9 Å². The Morgan fingerprint density at radius 1 is 0.889 bits per heavy atom. The van der Waals surface area contributed by atoms with Crippen LogP contribution in [0, 0.1) is 0 Å². The van der Waals surface area contributed by atoms with E-state index in [1.54, 1.807) is 6.07 Å². The average Bonchev–Trinajstić information content (AvgIpc) is 3.31. The summed E-state index contributed by atoms with van der Waals surface area (Å²) in [5.74, 6) is 0. The Bertz CT molecular complexity index is 881. The van der Waals surface area contributed by atoms with Crippen molar-refractivity contribution in [3.05, 3.63) is 58.1 Å². The lowest BCUT2D eigenvalue weighted by Gasteiger charge is -2.37. The van der Waals surface area contributed by atoms with E-state index >= 15 is 0 Å². The zero-order valence-corrected chi connectivity index (χ0v) is 23.7. The van der Waals surface area contributed by atoms with Gasteiger partial charge in [0.25, 0.3) is 0 Å². The molecule has 0 fully saturated rings. The number of benzene rings is 1. The van der Waals surface area contributed by atoms with Crippen molar-refractivity contribution in [2.45, 2.75) is 121 Å². The standard InChI is InChI=1S/C31H46Cl2N2O/c1-2-3-4-5-6-7-8-9-10-11-12-13-14-18-24-35-29(31(36)22-16-15-17-23-31)25-28(34-35)26-20-19-21-27(32)30(26)33/h15-17,19-22,29,36H,2-14,18,23-25H2,1H3. The van der Waals surface area contributed by atoms with Crippen molar-refractivity contribution < 1.29 is 5.11 Å². The highest BCUT2D eigenvalue weighted by molar-refractivity contribution is 6.44. The highest BCUT2D eigenvalue weighted by atomic mass is 35.5. The third kappa shape index (κ3) is 8.92. The van der Waals surface area contributed by atoms with Gasteiger partial charge in [-0.15, -0.1) is 0 Å². The van der Waals surface area contributed by atoms with Gasteiger partial charge in [-0.05, 0) is 12.5 Å². The summed E-state index contributed by atoms with van der Waals surface area (Å²) in [5, 5.41) is 19.6. The Morgan fingerprint density at radius 2 is 1.50 bits per heavy atom. The van der Waals surface area contributed by atoms with Crippen LogP contribution in [0.2, 0.25) is 10.0 Å². The molecule has 2 unspecified atom stereocenters. The van der Waals surface area contributed by atoms with Gasteiger partial charge in [0.1, 0.15) is 5.60 Å². The van der Waals surface area contributed by atoms with Crippen molar-refractivity contribution in [2.24, 2.45) is 5.10 Å². The van der Waals surface area contributed by atoms with Gasteiger partial charge in [0, 0.05) is 24.9 Å². The van der Waals surface area contributed by atoms with Gasteiger partial charge < -0.3 is 5.11 Å². The molecule has 0 amide bonds. The smallest absolute Gasteiger partial charge is 0.109 e. The summed E-state index contributed by atoms with van der Waals surface area (Å²) in [6, 6.07) is 5.59. The maximum atomic E-state index is 11.4. The van der Waals surface area contributed by atoms with Gasteiger partial charge in [0.05, 0.1) is 21.8 Å². The Morgan fingerprint density at radius 3 is 2.08 bits per heavy atom. The summed E-state index contributed by atoms with van der Waals surface area (Å²) in [7, 11) is 0. The van der Waals surface area contributed by atoms with Crippen LogP contribution in [0.25, 0.3) is 0 Å². The van der Waals surface area contributed by atoms with E-state index in [9.17, 15) is 5.11 Å². The first-order valence-corrected chi connectivity index (χ1v) is 15.2. The SMILES string of the molecule is CCCCCCCCCCCCCCCCN1N=C(c2cccc(Cl)c2Cl)CC1C1(O)C=CC=CC1. The molecule has 0 saturated heterocycles. The molecule has 1 N–H and O–H groups in total. The molecule has 1 aromatic carbocycles. The van der Waals surface area contributed by atoms with Gasteiger partial charge in [-0.25, -0.2) is 0 Å². The van der Waals surface area contributed by atoms with Gasteiger partial charge in [-0.2, -0.15) is 5.10 Å². The monoisotopic (exact) mass is 532 g/mol. The van der Waals surface area contributed by atoms with Crippen LogP contribution in [-0.2, 0) is 0 Å². The van der Waals surface area contributed by atoms with E-state index in [2.05, 4.69) is 11.9 Å². The van der Waals surface area contributed by atoms with Crippen molar-refractivity contribution in [1.29, 1.82) is 0 Å². The van der Waals surface area contributed by atoms with Gasteiger partial charge in [0.15, 0.2) is 0 Å². The lowest BCUT2D eigenvalue weighted by atomic mass is 9.84. The Labute approximate surface area is 229 Å². The average molecular weight is 534 g/mol. The molecule has 0 spiro atoms. The Balaban J connectivity index is 1.40. The zero-order valence-electron chi connectivity index (χ0n) is 22.2. The van der Waals surface area contributed by atoms with Crippen LogP contribution in [0.15, 0.2) is 47.6 Å². The van der Waals surface area contributed by atoms with Gasteiger partial charge >= 0.3 is 0 Å². The van der Waals surface area contributed by atoms with Gasteiger partial charge in [-0.3, -0.25) is 5.01 Å². The number of hydrogen-bond donors (Lipinski definition) is 1. The molecule has 2 aliphatic rings. The fourth-order valence-corrected chi connectivity index (χ4v) is 5.84. The van der Waals surface area contributed by atoms with Gasteiger partial charge in [-0.1, -0.05) is 150 Å². The first kappa shape index (κ1) is 29.3. The molecule has 1 aromatic rings. The second-order valence-electron chi connectivity index (χ2n) is 10.6. The predicted octanol–water partition coefficient (Wildman–Crippen LogP) is 9.50. The third-order valence-electron chi connectivity index (χ3n) is 7.65. The molecule has 0 aromatic heterocycles. The molecule has 3 rings (SSSR count). The first-order valence-electron chi connectivity index (χ1n) is 14.4. The molecule has 1 aliphatic heterocycles. The molecule has 1 aliphatic carbocycles. The molecule has 2 atom stereocenters. The summed E-state index contributed by atoms with van der Waals surface area (Å²) in [4.78, 5) is 0. The van der Waals surface area contributed by atoms with Crippen molar-refractivity contribution >= 4 is 28.9 Å². The van der Waals surface area contributed by atoms with Crippen LogP contribution in [0.3, 0.4) is 0 Å². The Kier molecular flexibility index (Phi) is 12.9. The van der Waals surface area contributed by atoms with Crippen LogP contribution in [0.4, 0.5) is 0 Å². The minimum absolute atomic E-state index is 0.0919. The normalized spacial score (nSPS) is 21.4. The maximum absolute atomic E-state index is 11.4. The van der Waals surface area contributed by atoms with Crippen LogP contribution >= 0.6 is 23.2 Å². The lowest BCUT2D eigenvalue weighted by Crippen LogP contribution is -2.48. The number of allylic oxidation sites excluding steroid dienone is 2. The van der Waals surface area contributed by atoms with Crippen LogP contribution in [0.5, 0.6) is 0 Å². The van der Waals surface area contributed by atoms with Crippen molar-refractivity contribution in [3.8, 4) is 0 Å². The first-order chi connectivity index (χ1) is 17.5. The third-order valence-corrected chi connectivity index (χ3v) is 8.47. The summed E-state index contributed by atoms with van der Waals surface area (Å²) in [5.41, 5.74) is 0.868. The fraction of sp³-hybridized carbons (Fsp3) is 0.645. The number of nitrogens with zero attached hydrogens (tertiary/aromatic N) is 2. The van der Waals surface area contributed by atoms with E-state index in [0.717, 1.165) is 24.2 Å². The molecule has 0 radical (unpaired) electrons. The number of hydrogen-bond acceptors (Lipinski definition) is 3. The lowest BCUT2D eigenvalue weighted by molar-refractivity contribution is 0.00122. The Hall–Kier alpha value is -1.29. The molecule has 36 heavy (non-hydrogen) atoms. The number of hydrazone groups is 1. The highest BCUT2D eigenvalue weighted by Gasteiger charge is 2.42. The number of unbranched alkanes of at least 4 members (excludes halogenated alkanes) is 13. The van der Waals surface area contributed by atoms with E-state index in [4.69, 9.17) is 28.3 Å². The molecule has 0 saturated carbocycles. The summed E-state index contributed by atoms with van der Waals surface area (Å²) in [6.45, 7) is 3.13. The highest BCUT2D eigenvalue weighted by Crippen LogP contribution is 2.36.